The van der Waals surface area contributed by atoms with Crippen LogP contribution in [-0.2, 0) is 9.59 Å². The molecule has 7 heteroatoms. The average Bonchev–Trinajstić information content (AvgIpc) is 3.49. The predicted molar refractivity (Wildman–Crippen MR) is 133 cm³/mol. The van der Waals surface area contributed by atoms with Gasteiger partial charge in [0.15, 0.2) is 0 Å². The molecule has 3 aromatic rings. The molecular weight excluding hydrogens is 446 g/mol. The SMILES string of the molecule is CCCCCOc1ccc(/C(O)=C2/C(=O)C(=O)N(c3ccc(OCC)cc3)C2c2ccco2)cc1. The molecule has 2 heterocycles. The van der Waals surface area contributed by atoms with Crippen LogP contribution < -0.4 is 14.4 Å². The summed E-state index contributed by atoms with van der Waals surface area (Å²) in [5.74, 6) is -0.0913. The molecule has 0 radical (unpaired) electrons. The van der Waals surface area contributed by atoms with Gasteiger partial charge in [0.05, 0.1) is 25.1 Å². The van der Waals surface area contributed by atoms with Crippen LogP contribution in [0.15, 0.2) is 76.9 Å². The number of rotatable bonds is 10. The number of Topliss-reactive ketones (excluding diaryl/α,β-unsaturated/α-hetero) is 1. The van der Waals surface area contributed by atoms with Crippen molar-refractivity contribution in [3.63, 3.8) is 0 Å². The van der Waals surface area contributed by atoms with Crippen molar-refractivity contribution in [1.29, 1.82) is 0 Å². The highest BCUT2D eigenvalue weighted by Crippen LogP contribution is 2.42. The molecular formula is C28H29NO6. The van der Waals surface area contributed by atoms with Crippen molar-refractivity contribution < 1.29 is 28.6 Å². The van der Waals surface area contributed by atoms with Gasteiger partial charge in [-0.2, -0.15) is 0 Å². The van der Waals surface area contributed by atoms with E-state index in [0.29, 0.717) is 41.7 Å². The zero-order valence-electron chi connectivity index (χ0n) is 19.9. The third kappa shape index (κ3) is 5.09. The maximum atomic E-state index is 13.1. The third-order valence-electron chi connectivity index (χ3n) is 5.83. The molecule has 35 heavy (non-hydrogen) atoms. The third-order valence-corrected chi connectivity index (χ3v) is 5.83. The second-order valence-corrected chi connectivity index (χ2v) is 8.19. The molecule has 182 valence electrons. The van der Waals surface area contributed by atoms with E-state index < -0.39 is 17.7 Å². The lowest BCUT2D eigenvalue weighted by Crippen LogP contribution is -2.29. The Labute approximate surface area is 204 Å². The largest absolute Gasteiger partial charge is 0.507 e. The Morgan fingerprint density at radius 2 is 1.63 bits per heavy atom. The van der Waals surface area contributed by atoms with E-state index in [1.165, 1.54) is 11.2 Å². The minimum atomic E-state index is -0.909. The highest BCUT2D eigenvalue weighted by atomic mass is 16.5. The van der Waals surface area contributed by atoms with E-state index in [0.717, 1.165) is 19.3 Å². The Morgan fingerprint density at radius 1 is 0.943 bits per heavy atom. The Morgan fingerprint density at radius 3 is 2.26 bits per heavy atom. The Bertz CT molecular complexity index is 1180. The predicted octanol–water partition coefficient (Wildman–Crippen LogP) is 5.87. The monoisotopic (exact) mass is 475 g/mol. The molecule has 1 saturated heterocycles. The number of aliphatic hydroxyl groups excluding tert-OH is 1. The first-order valence-corrected chi connectivity index (χ1v) is 11.9. The van der Waals surface area contributed by atoms with E-state index in [1.807, 2.05) is 6.92 Å². The van der Waals surface area contributed by atoms with Gasteiger partial charge in [-0.25, -0.2) is 0 Å². The van der Waals surface area contributed by atoms with Crippen LogP contribution in [0, 0.1) is 0 Å². The number of furan rings is 1. The summed E-state index contributed by atoms with van der Waals surface area (Å²) in [6.07, 6.45) is 4.65. The van der Waals surface area contributed by atoms with Gasteiger partial charge in [-0.3, -0.25) is 14.5 Å². The first-order valence-electron chi connectivity index (χ1n) is 11.9. The van der Waals surface area contributed by atoms with E-state index >= 15 is 0 Å². The molecule has 1 unspecified atom stereocenters. The number of amides is 1. The summed E-state index contributed by atoms with van der Waals surface area (Å²) in [4.78, 5) is 27.6. The molecule has 1 aromatic heterocycles. The molecule has 2 aromatic carbocycles. The van der Waals surface area contributed by atoms with Crippen molar-refractivity contribution in [2.75, 3.05) is 18.1 Å². The second-order valence-electron chi connectivity index (χ2n) is 8.19. The van der Waals surface area contributed by atoms with Crippen LogP contribution >= 0.6 is 0 Å². The molecule has 1 N–H and O–H groups in total. The smallest absolute Gasteiger partial charge is 0.300 e. The fourth-order valence-electron chi connectivity index (χ4n) is 4.09. The summed E-state index contributed by atoms with van der Waals surface area (Å²) in [7, 11) is 0. The molecule has 0 saturated carbocycles. The van der Waals surface area contributed by atoms with E-state index in [4.69, 9.17) is 13.9 Å². The van der Waals surface area contributed by atoms with Crippen molar-refractivity contribution in [3.05, 3.63) is 83.8 Å². The van der Waals surface area contributed by atoms with Gasteiger partial charge in [-0.15, -0.1) is 0 Å². The van der Waals surface area contributed by atoms with E-state index in [1.54, 1.807) is 60.7 Å². The molecule has 1 fully saturated rings. The summed E-state index contributed by atoms with van der Waals surface area (Å²) in [5, 5.41) is 11.2. The summed E-state index contributed by atoms with van der Waals surface area (Å²) in [6, 6.07) is 16.2. The number of ether oxygens (including phenoxy) is 2. The number of ketones is 1. The van der Waals surface area contributed by atoms with Crippen molar-refractivity contribution in [1.82, 2.24) is 0 Å². The van der Waals surface area contributed by atoms with E-state index in [-0.39, 0.29) is 11.3 Å². The van der Waals surface area contributed by atoms with Crippen LogP contribution in [0.5, 0.6) is 11.5 Å². The maximum Gasteiger partial charge on any atom is 0.300 e. The lowest BCUT2D eigenvalue weighted by Gasteiger charge is -2.23. The quantitative estimate of drug-likeness (QED) is 0.171. The summed E-state index contributed by atoms with van der Waals surface area (Å²) in [6.45, 7) is 5.14. The first kappa shape index (κ1) is 24.1. The number of unbranched alkanes of at least 4 members (excludes halogenated alkanes) is 2. The second kappa shape index (κ2) is 11.0. The van der Waals surface area contributed by atoms with Crippen LogP contribution in [0.3, 0.4) is 0 Å². The van der Waals surface area contributed by atoms with Gasteiger partial charge in [0.2, 0.25) is 0 Å². The minimum absolute atomic E-state index is 0.0320. The van der Waals surface area contributed by atoms with Gasteiger partial charge in [0, 0.05) is 11.3 Å². The molecule has 1 atom stereocenters. The average molecular weight is 476 g/mol. The number of nitrogens with zero attached hydrogens (tertiary/aromatic N) is 1. The Balaban J connectivity index is 1.68. The fraction of sp³-hybridized carbons (Fsp3) is 0.286. The number of anilines is 1. The van der Waals surface area contributed by atoms with Gasteiger partial charge >= 0.3 is 0 Å². The van der Waals surface area contributed by atoms with Gasteiger partial charge in [-0.05, 0) is 74.0 Å². The first-order chi connectivity index (χ1) is 17.0. The highest BCUT2D eigenvalue weighted by Gasteiger charge is 2.48. The lowest BCUT2D eigenvalue weighted by molar-refractivity contribution is -0.132. The molecule has 1 amide bonds. The van der Waals surface area contributed by atoms with Crippen molar-refractivity contribution in [2.45, 2.75) is 39.2 Å². The number of carbonyl (C=O) groups is 2. The van der Waals surface area contributed by atoms with E-state index in [2.05, 4.69) is 6.92 Å². The number of aliphatic hydroxyl groups is 1. The fourth-order valence-corrected chi connectivity index (χ4v) is 4.09. The molecule has 4 rings (SSSR count). The van der Waals surface area contributed by atoms with Crippen LogP contribution in [0.1, 0.15) is 50.5 Å². The zero-order chi connectivity index (χ0) is 24.8. The summed E-state index contributed by atoms with van der Waals surface area (Å²) >= 11 is 0. The standard InChI is InChI=1S/C28H29NO6/c1-3-5-6-17-34-22-13-9-19(10-14-22)26(30)24-25(23-8-7-18-35-23)29(28(32)27(24)31)20-11-15-21(16-12-20)33-4-2/h7-16,18,25,30H,3-6,17H2,1-2H3/b26-24-. The number of hydrogen-bond acceptors (Lipinski definition) is 6. The Hall–Kier alpha value is -4.00. The molecule has 0 bridgehead atoms. The van der Waals surface area contributed by atoms with Crippen LogP contribution in [0.25, 0.3) is 5.76 Å². The molecule has 1 aliphatic rings. The summed E-state index contributed by atoms with van der Waals surface area (Å²) < 4.78 is 16.8. The summed E-state index contributed by atoms with van der Waals surface area (Å²) in [5.41, 5.74) is 0.870. The van der Waals surface area contributed by atoms with Crippen molar-refractivity contribution in [3.8, 4) is 11.5 Å². The number of hydrogen-bond donors (Lipinski definition) is 1. The molecule has 1 aliphatic heterocycles. The molecule has 0 spiro atoms. The van der Waals surface area contributed by atoms with Gasteiger partial charge in [0.25, 0.3) is 11.7 Å². The van der Waals surface area contributed by atoms with Gasteiger partial charge in [0.1, 0.15) is 29.1 Å². The molecule has 7 nitrogen and oxygen atoms in total. The molecule has 0 aliphatic carbocycles. The van der Waals surface area contributed by atoms with Crippen molar-refractivity contribution in [2.24, 2.45) is 0 Å². The minimum Gasteiger partial charge on any atom is -0.507 e. The van der Waals surface area contributed by atoms with Gasteiger partial charge in [-0.1, -0.05) is 19.8 Å². The van der Waals surface area contributed by atoms with Crippen LogP contribution in [0.4, 0.5) is 5.69 Å². The van der Waals surface area contributed by atoms with E-state index in [9.17, 15) is 14.7 Å². The topological polar surface area (TPSA) is 89.2 Å². The van der Waals surface area contributed by atoms with Crippen LogP contribution in [0.2, 0.25) is 0 Å². The van der Waals surface area contributed by atoms with Crippen LogP contribution in [-0.4, -0.2) is 30.0 Å². The zero-order valence-corrected chi connectivity index (χ0v) is 19.9. The van der Waals surface area contributed by atoms with Gasteiger partial charge < -0.3 is 19.0 Å². The Kier molecular flexibility index (Phi) is 7.55. The number of carbonyl (C=O) groups excluding carboxylic acids is 2. The number of benzene rings is 2. The van der Waals surface area contributed by atoms with Crippen molar-refractivity contribution >= 4 is 23.1 Å². The lowest BCUT2D eigenvalue weighted by atomic mass is 9.99. The highest BCUT2D eigenvalue weighted by molar-refractivity contribution is 6.51. The maximum absolute atomic E-state index is 13.1. The normalized spacial score (nSPS) is 17.1.